The number of hydrogen-bond donors (Lipinski definition) is 1. The number of anilines is 1. The van der Waals surface area contributed by atoms with Crippen molar-refractivity contribution in [3.63, 3.8) is 0 Å². The van der Waals surface area contributed by atoms with Crippen LogP contribution in [0.25, 0.3) is 0 Å². The SMILES string of the molecule is Cc1ccccc1C(Cl)c1ccc2c(c1)CC(=O)N2. The maximum atomic E-state index is 11.4. The molecule has 0 bridgehead atoms. The zero-order chi connectivity index (χ0) is 13.4. The molecule has 96 valence electrons. The number of aryl methyl sites for hydroxylation is 1. The Morgan fingerprint density at radius 3 is 2.79 bits per heavy atom. The van der Waals surface area contributed by atoms with Gasteiger partial charge in [0.1, 0.15) is 0 Å². The fourth-order valence-corrected chi connectivity index (χ4v) is 2.84. The van der Waals surface area contributed by atoms with Gasteiger partial charge in [-0.05, 0) is 35.2 Å². The molecule has 0 saturated heterocycles. The van der Waals surface area contributed by atoms with E-state index in [-0.39, 0.29) is 11.3 Å². The van der Waals surface area contributed by atoms with E-state index in [1.165, 1.54) is 5.56 Å². The first-order valence-corrected chi connectivity index (χ1v) is 6.71. The van der Waals surface area contributed by atoms with E-state index in [1.807, 2.05) is 36.4 Å². The smallest absolute Gasteiger partial charge is 0.228 e. The summed E-state index contributed by atoms with van der Waals surface area (Å²) in [6.45, 7) is 2.06. The van der Waals surface area contributed by atoms with Gasteiger partial charge in [-0.1, -0.05) is 36.4 Å². The maximum absolute atomic E-state index is 11.4. The average molecular weight is 272 g/mol. The van der Waals surface area contributed by atoms with Gasteiger partial charge in [0.05, 0.1) is 11.8 Å². The van der Waals surface area contributed by atoms with Gasteiger partial charge in [-0.3, -0.25) is 4.79 Å². The summed E-state index contributed by atoms with van der Waals surface area (Å²) in [5.74, 6) is 0.0502. The van der Waals surface area contributed by atoms with E-state index in [0.717, 1.165) is 22.4 Å². The molecule has 1 unspecified atom stereocenters. The normalized spacial score (nSPS) is 14.9. The van der Waals surface area contributed by atoms with Crippen LogP contribution in [0.15, 0.2) is 42.5 Å². The zero-order valence-electron chi connectivity index (χ0n) is 10.6. The van der Waals surface area contributed by atoms with Crippen LogP contribution in [0, 0.1) is 6.92 Å². The molecule has 2 aromatic carbocycles. The Balaban J connectivity index is 1.97. The molecule has 1 atom stereocenters. The predicted molar refractivity (Wildman–Crippen MR) is 77.7 cm³/mol. The standard InChI is InChI=1S/C16H14ClNO/c1-10-4-2-3-5-13(10)16(17)11-6-7-14-12(8-11)9-15(19)18-14/h2-8,16H,9H2,1H3,(H,18,19). The van der Waals surface area contributed by atoms with E-state index in [4.69, 9.17) is 11.6 Å². The number of hydrogen-bond acceptors (Lipinski definition) is 1. The number of rotatable bonds is 2. The van der Waals surface area contributed by atoms with Gasteiger partial charge in [0.2, 0.25) is 5.91 Å². The molecule has 2 nitrogen and oxygen atoms in total. The Hall–Kier alpha value is -1.80. The van der Waals surface area contributed by atoms with E-state index in [0.29, 0.717) is 6.42 Å². The third-order valence-electron chi connectivity index (χ3n) is 3.51. The fourth-order valence-electron chi connectivity index (χ4n) is 2.46. The lowest BCUT2D eigenvalue weighted by atomic mass is 9.98. The first-order chi connectivity index (χ1) is 9.15. The number of amides is 1. The third-order valence-corrected chi connectivity index (χ3v) is 4.00. The highest BCUT2D eigenvalue weighted by Crippen LogP contribution is 2.34. The molecule has 1 aliphatic rings. The number of fused-ring (bicyclic) bond motifs is 1. The molecular formula is C16H14ClNO. The van der Waals surface area contributed by atoms with Gasteiger partial charge in [0.25, 0.3) is 0 Å². The molecule has 0 aromatic heterocycles. The van der Waals surface area contributed by atoms with Crippen LogP contribution in [-0.4, -0.2) is 5.91 Å². The summed E-state index contributed by atoms with van der Waals surface area (Å²) in [5, 5.41) is 2.65. The van der Waals surface area contributed by atoms with Crippen LogP contribution >= 0.6 is 11.6 Å². The summed E-state index contributed by atoms with van der Waals surface area (Å²) in [5.41, 5.74) is 5.26. The number of carbonyl (C=O) groups excluding carboxylic acids is 1. The summed E-state index contributed by atoms with van der Waals surface area (Å²) in [7, 11) is 0. The molecule has 0 radical (unpaired) electrons. The second-order valence-electron chi connectivity index (χ2n) is 4.86. The number of benzene rings is 2. The van der Waals surface area contributed by atoms with Crippen molar-refractivity contribution >= 4 is 23.2 Å². The first kappa shape index (κ1) is 12.2. The second kappa shape index (κ2) is 4.71. The van der Waals surface area contributed by atoms with Gasteiger partial charge in [0.15, 0.2) is 0 Å². The van der Waals surface area contributed by atoms with Gasteiger partial charge >= 0.3 is 0 Å². The number of carbonyl (C=O) groups is 1. The molecule has 3 heteroatoms. The van der Waals surface area contributed by atoms with Gasteiger partial charge < -0.3 is 5.32 Å². The lowest BCUT2D eigenvalue weighted by Gasteiger charge is -2.14. The molecule has 0 fully saturated rings. The lowest BCUT2D eigenvalue weighted by Crippen LogP contribution is -2.03. The first-order valence-electron chi connectivity index (χ1n) is 6.27. The molecule has 1 N–H and O–H groups in total. The Labute approximate surface area is 117 Å². The van der Waals surface area contributed by atoms with E-state index >= 15 is 0 Å². The molecular weight excluding hydrogens is 258 g/mol. The fraction of sp³-hybridized carbons (Fsp3) is 0.188. The highest BCUT2D eigenvalue weighted by Gasteiger charge is 2.20. The monoisotopic (exact) mass is 271 g/mol. The number of alkyl halides is 1. The molecule has 2 aromatic rings. The number of halogens is 1. The van der Waals surface area contributed by atoms with Gasteiger partial charge in [-0.25, -0.2) is 0 Å². The van der Waals surface area contributed by atoms with Crippen LogP contribution < -0.4 is 5.32 Å². The Kier molecular flexibility index (Phi) is 3.03. The van der Waals surface area contributed by atoms with Crippen molar-refractivity contribution in [2.24, 2.45) is 0 Å². The molecule has 19 heavy (non-hydrogen) atoms. The largest absolute Gasteiger partial charge is 0.326 e. The van der Waals surface area contributed by atoms with Gasteiger partial charge in [0, 0.05) is 5.69 Å². The highest BCUT2D eigenvalue weighted by atomic mass is 35.5. The predicted octanol–water partition coefficient (Wildman–Crippen LogP) is 3.82. The van der Waals surface area contributed by atoms with Crippen molar-refractivity contribution in [2.75, 3.05) is 5.32 Å². The summed E-state index contributed by atoms with van der Waals surface area (Å²) in [4.78, 5) is 11.4. The van der Waals surface area contributed by atoms with Crippen LogP contribution in [0.1, 0.15) is 27.6 Å². The van der Waals surface area contributed by atoms with Gasteiger partial charge in [-0.2, -0.15) is 0 Å². The van der Waals surface area contributed by atoms with E-state index in [1.54, 1.807) is 0 Å². The van der Waals surface area contributed by atoms with Crippen LogP contribution in [0.4, 0.5) is 5.69 Å². The van der Waals surface area contributed by atoms with E-state index < -0.39 is 0 Å². The van der Waals surface area contributed by atoms with Crippen molar-refractivity contribution in [2.45, 2.75) is 18.7 Å². The average Bonchev–Trinajstić information content (AvgIpc) is 2.77. The molecule has 0 spiro atoms. The molecule has 0 saturated carbocycles. The van der Waals surface area contributed by atoms with Crippen molar-refractivity contribution in [1.82, 2.24) is 0 Å². The molecule has 0 aliphatic carbocycles. The second-order valence-corrected chi connectivity index (χ2v) is 5.30. The summed E-state index contributed by atoms with van der Waals surface area (Å²) in [6, 6.07) is 14.0. The molecule has 1 aliphatic heterocycles. The molecule has 1 heterocycles. The molecule has 1 amide bonds. The van der Waals surface area contributed by atoms with Crippen LogP contribution in [0.5, 0.6) is 0 Å². The third kappa shape index (κ3) is 2.24. The Bertz CT molecular complexity index is 651. The van der Waals surface area contributed by atoms with Crippen molar-refractivity contribution in [3.8, 4) is 0 Å². The Morgan fingerprint density at radius 1 is 1.21 bits per heavy atom. The summed E-state index contributed by atoms with van der Waals surface area (Å²) >= 11 is 6.57. The van der Waals surface area contributed by atoms with Crippen LogP contribution in [-0.2, 0) is 11.2 Å². The molecule has 3 rings (SSSR count). The van der Waals surface area contributed by atoms with Crippen molar-refractivity contribution < 1.29 is 4.79 Å². The van der Waals surface area contributed by atoms with Crippen LogP contribution in [0.2, 0.25) is 0 Å². The zero-order valence-corrected chi connectivity index (χ0v) is 11.4. The van der Waals surface area contributed by atoms with Crippen molar-refractivity contribution in [3.05, 3.63) is 64.7 Å². The Morgan fingerprint density at radius 2 is 2.00 bits per heavy atom. The summed E-state index contributed by atoms with van der Waals surface area (Å²) in [6.07, 6.45) is 0.445. The lowest BCUT2D eigenvalue weighted by molar-refractivity contribution is -0.115. The highest BCUT2D eigenvalue weighted by molar-refractivity contribution is 6.22. The maximum Gasteiger partial charge on any atom is 0.228 e. The minimum atomic E-state index is -0.179. The minimum absolute atomic E-state index is 0.0502. The minimum Gasteiger partial charge on any atom is -0.326 e. The van der Waals surface area contributed by atoms with Crippen molar-refractivity contribution in [1.29, 1.82) is 0 Å². The van der Waals surface area contributed by atoms with Crippen LogP contribution in [0.3, 0.4) is 0 Å². The van der Waals surface area contributed by atoms with E-state index in [2.05, 4.69) is 18.3 Å². The van der Waals surface area contributed by atoms with Gasteiger partial charge in [-0.15, -0.1) is 11.6 Å². The van der Waals surface area contributed by atoms with E-state index in [9.17, 15) is 4.79 Å². The summed E-state index contributed by atoms with van der Waals surface area (Å²) < 4.78 is 0. The quantitative estimate of drug-likeness (QED) is 0.827. The number of nitrogens with one attached hydrogen (secondary N) is 1. The topological polar surface area (TPSA) is 29.1 Å².